The van der Waals surface area contributed by atoms with Crippen molar-refractivity contribution in [2.24, 2.45) is 0 Å². The molecule has 0 saturated carbocycles. The largest absolute Gasteiger partial charge is 0.295 e. The van der Waals surface area contributed by atoms with Crippen LogP contribution in [0.25, 0.3) is 0 Å². The number of allylic oxidation sites excluding steroid dienone is 2. The predicted molar refractivity (Wildman–Crippen MR) is 66.0 cm³/mol. The molecule has 0 unspecified atom stereocenters. The van der Waals surface area contributed by atoms with E-state index in [1.807, 2.05) is 26.8 Å². The third-order valence-corrected chi connectivity index (χ3v) is 2.57. The summed E-state index contributed by atoms with van der Waals surface area (Å²) in [6.07, 6.45) is 5.60. The fraction of sp³-hybridized carbons (Fsp3) is 0.667. The summed E-state index contributed by atoms with van der Waals surface area (Å²) >= 11 is 1.39. The zero-order valence-electron chi connectivity index (χ0n) is 10.0. The van der Waals surface area contributed by atoms with Crippen LogP contribution in [0.15, 0.2) is 12.2 Å². The fourth-order valence-corrected chi connectivity index (χ4v) is 1.94. The minimum absolute atomic E-state index is 0.00626. The van der Waals surface area contributed by atoms with Gasteiger partial charge >= 0.3 is 0 Å². The quantitative estimate of drug-likeness (QED) is 0.534. The zero-order valence-corrected chi connectivity index (χ0v) is 10.8. The van der Waals surface area contributed by atoms with E-state index in [1.165, 1.54) is 18.7 Å². The van der Waals surface area contributed by atoms with Crippen LogP contribution < -0.4 is 0 Å². The molecule has 0 aliphatic heterocycles. The predicted octanol–water partition coefficient (Wildman–Crippen LogP) is 3.36. The molecular formula is C12H20O2S. The molecule has 0 spiro atoms. The molecule has 0 N–H and O–H groups in total. The van der Waals surface area contributed by atoms with Crippen molar-refractivity contribution in [1.82, 2.24) is 0 Å². The SMILES string of the molecule is CC(=O)C=CCCCC(=O)SC(C)(C)C. The van der Waals surface area contributed by atoms with Gasteiger partial charge in [0.05, 0.1) is 0 Å². The van der Waals surface area contributed by atoms with Gasteiger partial charge in [-0.15, -0.1) is 0 Å². The summed E-state index contributed by atoms with van der Waals surface area (Å²) in [6.45, 7) is 7.62. The van der Waals surface area contributed by atoms with Crippen molar-refractivity contribution < 1.29 is 9.59 Å². The molecular weight excluding hydrogens is 208 g/mol. The van der Waals surface area contributed by atoms with E-state index in [9.17, 15) is 9.59 Å². The number of rotatable bonds is 5. The van der Waals surface area contributed by atoms with Crippen molar-refractivity contribution in [2.75, 3.05) is 0 Å². The van der Waals surface area contributed by atoms with Gasteiger partial charge in [-0.25, -0.2) is 0 Å². The van der Waals surface area contributed by atoms with Crippen LogP contribution in [0.5, 0.6) is 0 Å². The second-order valence-corrected chi connectivity index (χ2v) is 6.38. The Labute approximate surface area is 96.5 Å². The first-order valence-corrected chi connectivity index (χ1v) is 6.02. The molecule has 86 valence electrons. The molecule has 0 rings (SSSR count). The van der Waals surface area contributed by atoms with Gasteiger partial charge in [0.15, 0.2) is 10.9 Å². The molecule has 0 amide bonds. The molecule has 3 heteroatoms. The molecule has 0 aliphatic rings. The Morgan fingerprint density at radius 3 is 2.33 bits per heavy atom. The van der Waals surface area contributed by atoms with Gasteiger partial charge in [-0.05, 0) is 25.8 Å². The van der Waals surface area contributed by atoms with E-state index in [2.05, 4.69) is 0 Å². The highest BCUT2D eigenvalue weighted by molar-refractivity contribution is 8.14. The summed E-state index contributed by atoms with van der Waals surface area (Å²) in [5, 5.41) is 0.235. The maximum absolute atomic E-state index is 11.4. The molecule has 0 bridgehead atoms. The van der Waals surface area contributed by atoms with Crippen molar-refractivity contribution >= 4 is 22.7 Å². The van der Waals surface area contributed by atoms with Crippen LogP contribution in [0.4, 0.5) is 0 Å². The maximum atomic E-state index is 11.4. The Morgan fingerprint density at radius 2 is 1.87 bits per heavy atom. The molecule has 2 nitrogen and oxygen atoms in total. The van der Waals surface area contributed by atoms with E-state index in [1.54, 1.807) is 6.08 Å². The first-order chi connectivity index (χ1) is 6.81. The fourth-order valence-electron chi connectivity index (χ4n) is 1.01. The molecule has 0 aromatic rings. The van der Waals surface area contributed by atoms with E-state index < -0.39 is 0 Å². The lowest BCUT2D eigenvalue weighted by Gasteiger charge is -2.15. The normalized spacial score (nSPS) is 12.0. The van der Waals surface area contributed by atoms with Gasteiger partial charge in [-0.1, -0.05) is 38.6 Å². The van der Waals surface area contributed by atoms with Crippen LogP contribution in [-0.2, 0) is 9.59 Å². The number of hydrogen-bond acceptors (Lipinski definition) is 3. The molecule has 0 atom stereocenters. The Morgan fingerprint density at radius 1 is 1.27 bits per heavy atom. The number of carbonyl (C=O) groups is 2. The van der Waals surface area contributed by atoms with Crippen molar-refractivity contribution in [3.63, 3.8) is 0 Å². The summed E-state index contributed by atoms with van der Waals surface area (Å²) in [7, 11) is 0. The lowest BCUT2D eigenvalue weighted by atomic mass is 10.2. The van der Waals surface area contributed by atoms with Gasteiger partial charge in [-0.3, -0.25) is 9.59 Å². The molecule has 15 heavy (non-hydrogen) atoms. The van der Waals surface area contributed by atoms with Gasteiger partial charge < -0.3 is 0 Å². The Bertz CT molecular complexity index is 249. The summed E-state index contributed by atoms with van der Waals surface area (Å²) in [5.74, 6) is 0.0605. The summed E-state index contributed by atoms with van der Waals surface area (Å²) in [5.41, 5.74) is 0. The smallest absolute Gasteiger partial charge is 0.189 e. The highest BCUT2D eigenvalue weighted by Gasteiger charge is 2.15. The van der Waals surface area contributed by atoms with Crippen LogP contribution in [-0.4, -0.2) is 15.6 Å². The standard InChI is InChI=1S/C12H20O2S/c1-10(13)8-6-5-7-9-11(14)15-12(2,3)4/h6,8H,5,7,9H2,1-4H3. The van der Waals surface area contributed by atoms with Crippen molar-refractivity contribution in [3.8, 4) is 0 Å². The second-order valence-electron chi connectivity index (χ2n) is 4.49. The van der Waals surface area contributed by atoms with Crippen molar-refractivity contribution in [3.05, 3.63) is 12.2 Å². The first-order valence-electron chi connectivity index (χ1n) is 5.20. The monoisotopic (exact) mass is 228 g/mol. The van der Waals surface area contributed by atoms with Crippen molar-refractivity contribution in [2.45, 2.75) is 51.7 Å². The molecule has 0 radical (unpaired) electrons. The Balaban J connectivity index is 3.61. The second kappa shape index (κ2) is 6.83. The summed E-state index contributed by atoms with van der Waals surface area (Å²) in [4.78, 5) is 22.0. The Hall–Kier alpha value is -0.570. The van der Waals surface area contributed by atoms with Gasteiger partial charge in [0.2, 0.25) is 0 Å². The topological polar surface area (TPSA) is 34.1 Å². The van der Waals surface area contributed by atoms with Crippen LogP contribution in [0.1, 0.15) is 47.0 Å². The van der Waals surface area contributed by atoms with Gasteiger partial charge in [0, 0.05) is 11.2 Å². The number of carbonyl (C=O) groups excluding carboxylic acids is 2. The first kappa shape index (κ1) is 14.4. The maximum Gasteiger partial charge on any atom is 0.189 e. The highest BCUT2D eigenvalue weighted by atomic mass is 32.2. The average molecular weight is 228 g/mol. The van der Waals surface area contributed by atoms with E-state index >= 15 is 0 Å². The van der Waals surface area contributed by atoms with Gasteiger partial charge in [0.25, 0.3) is 0 Å². The summed E-state index contributed by atoms with van der Waals surface area (Å²) in [6, 6.07) is 0. The van der Waals surface area contributed by atoms with E-state index in [0.717, 1.165) is 12.8 Å². The third-order valence-electron chi connectivity index (χ3n) is 1.52. The lowest BCUT2D eigenvalue weighted by Crippen LogP contribution is -2.11. The van der Waals surface area contributed by atoms with Crippen molar-refractivity contribution in [1.29, 1.82) is 0 Å². The molecule has 0 heterocycles. The third kappa shape index (κ3) is 11.4. The highest BCUT2D eigenvalue weighted by Crippen LogP contribution is 2.25. The van der Waals surface area contributed by atoms with Crippen LogP contribution in [0.3, 0.4) is 0 Å². The minimum atomic E-state index is 0.00626. The molecule has 0 saturated heterocycles. The number of hydrogen-bond donors (Lipinski definition) is 0. The number of unbranched alkanes of at least 4 members (excludes halogenated alkanes) is 1. The molecule has 0 aromatic heterocycles. The van der Waals surface area contributed by atoms with E-state index in [4.69, 9.17) is 0 Å². The lowest BCUT2D eigenvalue weighted by molar-refractivity contribution is -0.112. The van der Waals surface area contributed by atoms with E-state index in [0.29, 0.717) is 6.42 Å². The van der Waals surface area contributed by atoms with Crippen LogP contribution >= 0.6 is 11.8 Å². The average Bonchev–Trinajstić information content (AvgIpc) is 1.99. The van der Waals surface area contributed by atoms with Crippen LogP contribution in [0.2, 0.25) is 0 Å². The zero-order chi connectivity index (χ0) is 11.9. The van der Waals surface area contributed by atoms with Crippen LogP contribution in [0, 0.1) is 0 Å². The van der Waals surface area contributed by atoms with Gasteiger partial charge in [0.1, 0.15) is 0 Å². The summed E-state index contributed by atoms with van der Waals surface area (Å²) < 4.78 is 0.00626. The van der Waals surface area contributed by atoms with Gasteiger partial charge in [-0.2, -0.15) is 0 Å². The Kier molecular flexibility index (Phi) is 6.57. The molecule has 0 aliphatic carbocycles. The minimum Gasteiger partial charge on any atom is -0.295 e. The molecule has 0 fully saturated rings. The molecule has 0 aromatic carbocycles. The number of ketones is 1. The van der Waals surface area contributed by atoms with E-state index in [-0.39, 0.29) is 15.6 Å². The number of thioether (sulfide) groups is 1.